The fourth-order valence-electron chi connectivity index (χ4n) is 3.29. The maximum Gasteiger partial charge on any atom is 0.408 e. The first-order valence-electron chi connectivity index (χ1n) is 10.8. The minimum atomic E-state index is -0.987. The van der Waals surface area contributed by atoms with E-state index in [1.807, 2.05) is 60.7 Å². The zero-order valence-electron chi connectivity index (χ0n) is 19.0. The maximum absolute atomic E-state index is 13.3. The number of carbonyl (C=O) groups excluding carboxylic acids is 2. The molecule has 0 saturated carbocycles. The molecule has 6 heteroatoms. The van der Waals surface area contributed by atoms with Crippen LogP contribution in [0.25, 0.3) is 0 Å². The largest absolute Gasteiger partial charge is 0.508 e. The molecule has 33 heavy (non-hydrogen) atoms. The van der Waals surface area contributed by atoms with Gasteiger partial charge in [0.1, 0.15) is 17.4 Å². The summed E-state index contributed by atoms with van der Waals surface area (Å²) in [6, 6.07) is 24.3. The lowest BCUT2D eigenvalue weighted by atomic mass is 10.0. The predicted molar refractivity (Wildman–Crippen MR) is 126 cm³/mol. The first-order chi connectivity index (χ1) is 15.7. The van der Waals surface area contributed by atoms with Gasteiger partial charge in [0.05, 0.1) is 0 Å². The summed E-state index contributed by atoms with van der Waals surface area (Å²) in [5.74, 6) is -0.474. The van der Waals surface area contributed by atoms with E-state index in [2.05, 4.69) is 5.32 Å². The monoisotopic (exact) mass is 447 g/mol. The molecule has 0 aliphatic heterocycles. The molecular weight excluding hydrogens is 418 g/mol. The normalized spacial score (nSPS) is 12.1. The van der Waals surface area contributed by atoms with Crippen LogP contribution in [0.2, 0.25) is 0 Å². The summed E-state index contributed by atoms with van der Waals surface area (Å²) in [4.78, 5) is 25.8. The van der Waals surface area contributed by atoms with Crippen LogP contribution >= 0.6 is 0 Å². The van der Waals surface area contributed by atoms with Crippen molar-refractivity contribution in [2.45, 2.75) is 44.9 Å². The fourth-order valence-corrected chi connectivity index (χ4v) is 3.29. The highest BCUT2D eigenvalue weighted by Gasteiger charge is 2.29. The third kappa shape index (κ3) is 7.38. The Morgan fingerprint density at radius 1 is 0.848 bits per heavy atom. The molecule has 3 rings (SSSR count). The molecule has 1 unspecified atom stereocenters. The maximum atomic E-state index is 13.3. The number of alkyl carbamates (subject to hydrolysis) is 1. The molecule has 0 aliphatic rings. The number of hydrogen-bond acceptors (Lipinski definition) is 5. The van der Waals surface area contributed by atoms with Gasteiger partial charge in [-0.2, -0.15) is 0 Å². The molecule has 1 atom stereocenters. The number of carbonyl (C=O) groups is 2. The van der Waals surface area contributed by atoms with E-state index in [4.69, 9.17) is 9.47 Å². The molecular formula is C27H29NO5. The summed E-state index contributed by atoms with van der Waals surface area (Å²) >= 11 is 0. The van der Waals surface area contributed by atoms with E-state index in [1.54, 1.807) is 32.9 Å². The molecule has 0 fully saturated rings. The number of amides is 1. The summed E-state index contributed by atoms with van der Waals surface area (Å²) < 4.78 is 11.3. The number of phenols is 1. The quantitative estimate of drug-likeness (QED) is 0.489. The van der Waals surface area contributed by atoms with Crippen molar-refractivity contribution in [2.75, 3.05) is 0 Å². The van der Waals surface area contributed by atoms with Crippen LogP contribution in [0.3, 0.4) is 0 Å². The van der Waals surface area contributed by atoms with Gasteiger partial charge in [-0.05, 0) is 49.6 Å². The van der Waals surface area contributed by atoms with Gasteiger partial charge in [-0.15, -0.1) is 0 Å². The Balaban J connectivity index is 1.86. The van der Waals surface area contributed by atoms with E-state index < -0.39 is 29.8 Å². The van der Waals surface area contributed by atoms with Gasteiger partial charge in [-0.25, -0.2) is 9.59 Å². The average molecular weight is 448 g/mol. The molecule has 3 aromatic carbocycles. The summed E-state index contributed by atoms with van der Waals surface area (Å²) in [6.45, 7) is 5.25. The van der Waals surface area contributed by atoms with Gasteiger partial charge in [0.15, 0.2) is 6.10 Å². The Hall–Kier alpha value is -3.80. The van der Waals surface area contributed by atoms with Gasteiger partial charge < -0.3 is 19.9 Å². The highest BCUT2D eigenvalue weighted by molar-refractivity contribution is 5.82. The number of aromatic hydroxyl groups is 1. The number of nitrogens with one attached hydrogen (secondary N) is 1. The smallest absolute Gasteiger partial charge is 0.408 e. The van der Waals surface area contributed by atoms with Gasteiger partial charge in [0.25, 0.3) is 0 Å². The Bertz CT molecular complexity index is 1000. The van der Waals surface area contributed by atoms with E-state index in [1.165, 1.54) is 12.1 Å². The zero-order valence-corrected chi connectivity index (χ0v) is 19.0. The summed E-state index contributed by atoms with van der Waals surface area (Å²) in [5.41, 5.74) is 1.67. The number of esters is 1. The second-order valence-corrected chi connectivity index (χ2v) is 8.71. The van der Waals surface area contributed by atoms with Crippen molar-refractivity contribution in [3.8, 4) is 5.75 Å². The molecule has 6 nitrogen and oxygen atoms in total. The van der Waals surface area contributed by atoms with Crippen LogP contribution in [0, 0.1) is 0 Å². The number of hydrogen-bond donors (Lipinski definition) is 2. The Labute approximate surface area is 194 Å². The lowest BCUT2D eigenvalue weighted by Crippen LogP contribution is -2.45. The Kier molecular flexibility index (Phi) is 7.72. The second-order valence-electron chi connectivity index (χ2n) is 8.71. The number of phenolic OH excluding ortho intramolecular Hbond substituents is 1. The van der Waals surface area contributed by atoms with Gasteiger partial charge in [-0.3, -0.25) is 0 Å². The molecule has 0 aliphatic carbocycles. The van der Waals surface area contributed by atoms with Crippen LogP contribution in [0.5, 0.6) is 5.75 Å². The van der Waals surface area contributed by atoms with E-state index in [-0.39, 0.29) is 12.2 Å². The minimum Gasteiger partial charge on any atom is -0.508 e. The number of ether oxygens (including phenoxy) is 2. The molecule has 0 aromatic heterocycles. The van der Waals surface area contributed by atoms with Crippen LogP contribution in [0.4, 0.5) is 4.79 Å². The van der Waals surface area contributed by atoms with Crippen LogP contribution in [-0.4, -0.2) is 28.8 Å². The summed E-state index contributed by atoms with van der Waals surface area (Å²) in [6.07, 6.45) is -1.17. The van der Waals surface area contributed by atoms with Crippen LogP contribution in [0.15, 0.2) is 84.9 Å². The molecule has 0 spiro atoms. The first-order valence-corrected chi connectivity index (χ1v) is 10.8. The fraction of sp³-hybridized carbons (Fsp3) is 0.259. The topological polar surface area (TPSA) is 84.9 Å². The van der Waals surface area contributed by atoms with Crippen molar-refractivity contribution in [1.82, 2.24) is 5.32 Å². The van der Waals surface area contributed by atoms with Gasteiger partial charge >= 0.3 is 12.1 Å². The Morgan fingerprint density at radius 2 is 1.36 bits per heavy atom. The average Bonchev–Trinajstić information content (AvgIpc) is 2.78. The third-order valence-electron chi connectivity index (χ3n) is 4.79. The van der Waals surface area contributed by atoms with Crippen LogP contribution in [-0.2, 0) is 20.7 Å². The highest BCUT2D eigenvalue weighted by Crippen LogP contribution is 2.27. The van der Waals surface area contributed by atoms with Crippen LogP contribution in [0.1, 0.15) is 43.6 Å². The summed E-state index contributed by atoms with van der Waals surface area (Å²) in [5, 5.41) is 12.2. The molecule has 0 bridgehead atoms. The molecule has 0 radical (unpaired) electrons. The lowest BCUT2D eigenvalue weighted by molar-refractivity contribution is -0.150. The number of rotatable bonds is 7. The van der Waals surface area contributed by atoms with E-state index in [9.17, 15) is 14.7 Å². The van der Waals surface area contributed by atoms with E-state index >= 15 is 0 Å². The van der Waals surface area contributed by atoms with Gasteiger partial charge in [0, 0.05) is 6.42 Å². The van der Waals surface area contributed by atoms with Crippen molar-refractivity contribution in [3.63, 3.8) is 0 Å². The lowest BCUT2D eigenvalue weighted by Gasteiger charge is -2.25. The van der Waals surface area contributed by atoms with Crippen molar-refractivity contribution in [3.05, 3.63) is 102 Å². The van der Waals surface area contributed by atoms with Crippen LogP contribution < -0.4 is 5.32 Å². The SMILES string of the molecule is CC(C)(C)OC(=O)NC(Cc1ccc(O)cc1)C(=O)OC(c1ccccc1)c1ccccc1. The third-order valence-corrected chi connectivity index (χ3v) is 4.79. The molecule has 1 amide bonds. The zero-order chi connectivity index (χ0) is 23.8. The molecule has 2 N–H and O–H groups in total. The molecule has 0 heterocycles. The Morgan fingerprint density at radius 3 is 1.85 bits per heavy atom. The molecule has 3 aromatic rings. The summed E-state index contributed by atoms with van der Waals surface area (Å²) in [7, 11) is 0. The standard InChI is InChI=1S/C27H29NO5/c1-27(2,3)33-26(31)28-23(18-19-14-16-22(29)17-15-19)25(30)32-24(20-10-6-4-7-11-20)21-12-8-5-9-13-21/h4-17,23-24,29H,18H2,1-3H3,(H,28,31). The van der Waals surface area contributed by atoms with Crippen molar-refractivity contribution < 1.29 is 24.2 Å². The molecule has 0 saturated heterocycles. The van der Waals surface area contributed by atoms with Crippen molar-refractivity contribution in [1.29, 1.82) is 0 Å². The minimum absolute atomic E-state index is 0.117. The van der Waals surface area contributed by atoms with Gasteiger partial charge in [-0.1, -0.05) is 72.8 Å². The van der Waals surface area contributed by atoms with Gasteiger partial charge in [0.2, 0.25) is 0 Å². The first kappa shape index (κ1) is 23.9. The predicted octanol–water partition coefficient (Wildman–Crippen LogP) is 5.16. The molecule has 172 valence electrons. The second kappa shape index (κ2) is 10.7. The van der Waals surface area contributed by atoms with E-state index in [0.717, 1.165) is 16.7 Å². The van der Waals surface area contributed by atoms with Crippen molar-refractivity contribution >= 4 is 12.1 Å². The van der Waals surface area contributed by atoms with Crippen molar-refractivity contribution in [2.24, 2.45) is 0 Å². The highest BCUT2D eigenvalue weighted by atomic mass is 16.6. The van der Waals surface area contributed by atoms with E-state index in [0.29, 0.717) is 0 Å². The number of benzene rings is 3.